The molecule has 1 fully saturated rings. The fraction of sp³-hybridized carbons (Fsp3) is 0.429. The van der Waals surface area contributed by atoms with E-state index in [0.717, 1.165) is 22.5 Å². The van der Waals surface area contributed by atoms with E-state index in [1.165, 1.54) is 0 Å². The van der Waals surface area contributed by atoms with Crippen molar-refractivity contribution in [2.24, 2.45) is 0 Å². The topological polar surface area (TPSA) is 96.5 Å². The summed E-state index contributed by atoms with van der Waals surface area (Å²) in [7, 11) is -4.03. The van der Waals surface area contributed by atoms with Crippen LogP contribution in [0, 0.1) is 18.6 Å². The summed E-state index contributed by atoms with van der Waals surface area (Å²) >= 11 is 0. The number of hydrogen-bond donors (Lipinski definition) is 1. The first kappa shape index (κ1) is 16.9. The lowest BCUT2D eigenvalue weighted by Crippen LogP contribution is -2.35. The molecule has 1 aliphatic heterocycles. The lowest BCUT2D eigenvalue weighted by Gasteiger charge is -2.20. The molecule has 3 rings (SSSR count). The number of sulfonamides is 1. The molecule has 0 saturated carbocycles. The van der Waals surface area contributed by atoms with E-state index in [1.54, 1.807) is 6.92 Å². The Bertz CT molecular complexity index is 850. The predicted octanol–water partition coefficient (Wildman–Crippen LogP) is 1.08. The van der Waals surface area contributed by atoms with E-state index < -0.39 is 38.6 Å². The quantitative estimate of drug-likeness (QED) is 0.877. The molecule has 0 bridgehead atoms. The van der Waals surface area contributed by atoms with Crippen LogP contribution in [0.3, 0.4) is 0 Å². The Kier molecular flexibility index (Phi) is 4.14. The molecule has 0 aliphatic carbocycles. The van der Waals surface area contributed by atoms with Crippen LogP contribution in [0.5, 0.6) is 0 Å². The van der Waals surface area contributed by atoms with Gasteiger partial charge < -0.3 is 9.63 Å². The first-order valence-electron chi connectivity index (χ1n) is 7.15. The number of nitrogens with zero attached hydrogens (tertiary/aromatic N) is 3. The maximum atomic E-state index is 13.7. The summed E-state index contributed by atoms with van der Waals surface area (Å²) in [5, 5.41) is 14.1. The molecule has 0 unspecified atom stereocenters. The van der Waals surface area contributed by atoms with Crippen molar-refractivity contribution in [2.75, 3.05) is 13.1 Å². The van der Waals surface area contributed by atoms with E-state index in [1.807, 2.05) is 0 Å². The zero-order chi connectivity index (χ0) is 17.5. The highest BCUT2D eigenvalue weighted by Gasteiger charge is 2.46. The van der Waals surface area contributed by atoms with Crippen LogP contribution < -0.4 is 0 Å². The van der Waals surface area contributed by atoms with Crippen LogP contribution in [0.4, 0.5) is 8.78 Å². The molecule has 24 heavy (non-hydrogen) atoms. The number of β-amino-alcohol motifs (C(OH)–C–C–N with tert-alkyl or cyclic N) is 1. The zero-order valence-electron chi connectivity index (χ0n) is 12.7. The van der Waals surface area contributed by atoms with Crippen LogP contribution in [0.1, 0.15) is 23.7 Å². The van der Waals surface area contributed by atoms with Crippen molar-refractivity contribution in [2.45, 2.75) is 24.7 Å². The molecule has 1 aromatic heterocycles. The fourth-order valence-electron chi connectivity index (χ4n) is 2.60. The maximum absolute atomic E-state index is 13.7. The van der Waals surface area contributed by atoms with Crippen molar-refractivity contribution in [3.8, 4) is 0 Å². The third-order valence-corrected chi connectivity index (χ3v) is 5.67. The minimum Gasteiger partial charge on any atom is -0.379 e. The van der Waals surface area contributed by atoms with Crippen molar-refractivity contribution in [1.82, 2.24) is 14.4 Å². The van der Waals surface area contributed by atoms with Gasteiger partial charge in [-0.25, -0.2) is 17.2 Å². The number of rotatable bonds is 4. The molecular weight excluding hydrogens is 344 g/mol. The Morgan fingerprint density at radius 2 is 2.04 bits per heavy atom. The number of aliphatic hydroxyl groups is 1. The standard InChI is InChI=1S/C14H15F2N3O4S/c1-9-17-13(23-18-9)14(20)5-6-19(8-14)24(21,22)7-10-11(15)3-2-4-12(10)16/h2-4,20H,5-8H2,1H3/t14-/m0/s1. The molecule has 1 N–H and O–H groups in total. The molecule has 1 atom stereocenters. The number of hydrogen-bond acceptors (Lipinski definition) is 6. The Labute approximate surface area is 137 Å². The summed E-state index contributed by atoms with van der Waals surface area (Å²) in [4.78, 5) is 3.92. The molecule has 7 nitrogen and oxygen atoms in total. The Morgan fingerprint density at radius 3 is 2.62 bits per heavy atom. The average Bonchev–Trinajstić information content (AvgIpc) is 3.11. The van der Waals surface area contributed by atoms with Gasteiger partial charge in [0.1, 0.15) is 11.6 Å². The van der Waals surface area contributed by atoms with E-state index >= 15 is 0 Å². The molecule has 1 aliphatic rings. The molecule has 10 heteroatoms. The van der Waals surface area contributed by atoms with Crippen LogP contribution in [0.25, 0.3) is 0 Å². The SMILES string of the molecule is Cc1noc([C@]2(O)CCN(S(=O)(=O)Cc3c(F)cccc3F)C2)n1. The van der Waals surface area contributed by atoms with Gasteiger partial charge in [-0.15, -0.1) is 0 Å². The van der Waals surface area contributed by atoms with E-state index in [0.29, 0.717) is 5.82 Å². The fourth-order valence-corrected chi connectivity index (χ4v) is 4.20. The summed E-state index contributed by atoms with van der Waals surface area (Å²) in [6, 6.07) is 3.15. The number of aromatic nitrogens is 2. The van der Waals surface area contributed by atoms with Gasteiger partial charge in [0, 0.05) is 18.5 Å². The Hall–Kier alpha value is -1.91. The lowest BCUT2D eigenvalue weighted by atomic mass is 10.0. The summed E-state index contributed by atoms with van der Waals surface area (Å²) in [6.07, 6.45) is 0.0492. The van der Waals surface area contributed by atoms with Crippen molar-refractivity contribution in [1.29, 1.82) is 0 Å². The first-order chi connectivity index (χ1) is 11.2. The largest absolute Gasteiger partial charge is 0.379 e. The van der Waals surface area contributed by atoms with Crippen molar-refractivity contribution in [3.63, 3.8) is 0 Å². The van der Waals surface area contributed by atoms with Gasteiger partial charge in [-0.05, 0) is 19.1 Å². The number of aryl methyl sites for hydroxylation is 1. The zero-order valence-corrected chi connectivity index (χ0v) is 13.6. The van der Waals surface area contributed by atoms with Crippen LogP contribution in [-0.2, 0) is 21.4 Å². The minimum absolute atomic E-state index is 0.0175. The first-order valence-corrected chi connectivity index (χ1v) is 8.76. The van der Waals surface area contributed by atoms with Crippen LogP contribution in [0.15, 0.2) is 22.7 Å². The second-order valence-corrected chi connectivity index (χ2v) is 7.69. The monoisotopic (exact) mass is 359 g/mol. The molecule has 0 spiro atoms. The van der Waals surface area contributed by atoms with Gasteiger partial charge in [0.05, 0.1) is 12.3 Å². The van der Waals surface area contributed by atoms with Crippen LogP contribution >= 0.6 is 0 Å². The Balaban J connectivity index is 1.82. The molecule has 2 aromatic rings. The summed E-state index contributed by atoms with van der Waals surface area (Å²) in [6.45, 7) is 1.24. The van der Waals surface area contributed by atoms with Crippen molar-refractivity contribution < 1.29 is 26.8 Å². The predicted molar refractivity (Wildman–Crippen MR) is 78.1 cm³/mol. The van der Waals surface area contributed by atoms with E-state index in [-0.39, 0.29) is 25.4 Å². The van der Waals surface area contributed by atoms with Gasteiger partial charge in [-0.3, -0.25) is 0 Å². The number of halogens is 2. The maximum Gasteiger partial charge on any atom is 0.260 e. The van der Waals surface area contributed by atoms with Gasteiger partial charge in [0.25, 0.3) is 5.89 Å². The molecule has 0 radical (unpaired) electrons. The van der Waals surface area contributed by atoms with E-state index in [2.05, 4.69) is 10.1 Å². The highest BCUT2D eigenvalue weighted by molar-refractivity contribution is 7.88. The lowest BCUT2D eigenvalue weighted by molar-refractivity contribution is 0.0194. The van der Waals surface area contributed by atoms with Crippen LogP contribution in [0.2, 0.25) is 0 Å². The van der Waals surface area contributed by atoms with Gasteiger partial charge in [0.15, 0.2) is 11.4 Å². The smallest absolute Gasteiger partial charge is 0.260 e. The van der Waals surface area contributed by atoms with Gasteiger partial charge in [-0.2, -0.15) is 9.29 Å². The van der Waals surface area contributed by atoms with Crippen molar-refractivity contribution >= 4 is 10.0 Å². The summed E-state index contributed by atoms with van der Waals surface area (Å²) in [5.74, 6) is -2.45. The van der Waals surface area contributed by atoms with Gasteiger partial charge in [0.2, 0.25) is 10.0 Å². The van der Waals surface area contributed by atoms with E-state index in [4.69, 9.17) is 4.52 Å². The third kappa shape index (κ3) is 3.04. The highest BCUT2D eigenvalue weighted by atomic mass is 32.2. The molecule has 2 heterocycles. The minimum atomic E-state index is -4.03. The molecule has 130 valence electrons. The second-order valence-electron chi connectivity index (χ2n) is 5.72. The van der Waals surface area contributed by atoms with Gasteiger partial charge in [-0.1, -0.05) is 11.2 Å². The van der Waals surface area contributed by atoms with Gasteiger partial charge >= 0.3 is 0 Å². The third-order valence-electron chi connectivity index (χ3n) is 3.92. The average molecular weight is 359 g/mol. The highest BCUT2D eigenvalue weighted by Crippen LogP contribution is 2.33. The second kappa shape index (κ2) is 5.87. The van der Waals surface area contributed by atoms with E-state index in [9.17, 15) is 22.3 Å². The van der Waals surface area contributed by atoms with Crippen LogP contribution in [-0.4, -0.2) is 41.1 Å². The Morgan fingerprint density at radius 1 is 1.38 bits per heavy atom. The molecular formula is C14H15F2N3O4S. The van der Waals surface area contributed by atoms with Crippen molar-refractivity contribution in [3.05, 3.63) is 47.1 Å². The molecule has 0 amide bonds. The normalized spacial score (nSPS) is 22.2. The number of benzene rings is 1. The summed E-state index contributed by atoms with van der Waals surface area (Å²) < 4.78 is 58.1. The molecule has 1 saturated heterocycles. The molecule has 1 aromatic carbocycles. The summed E-state index contributed by atoms with van der Waals surface area (Å²) in [5.41, 5.74) is -2.14.